The third kappa shape index (κ3) is 6.64. The van der Waals surface area contributed by atoms with Gasteiger partial charge in [-0.05, 0) is 12.0 Å². The lowest BCUT2D eigenvalue weighted by Gasteiger charge is -2.29. The number of rotatable bonds is 8. The van der Waals surface area contributed by atoms with Crippen molar-refractivity contribution in [1.29, 1.82) is 0 Å². The van der Waals surface area contributed by atoms with E-state index >= 15 is 0 Å². The van der Waals surface area contributed by atoms with Gasteiger partial charge in [0.2, 0.25) is 0 Å². The minimum absolute atomic E-state index is 0.121. The van der Waals surface area contributed by atoms with Crippen LogP contribution in [0.5, 0.6) is 0 Å². The molecule has 0 radical (unpaired) electrons. The monoisotopic (exact) mass is 301 g/mol. The van der Waals surface area contributed by atoms with Gasteiger partial charge in [-0.15, -0.1) is 0 Å². The Labute approximate surface area is 121 Å². The fourth-order valence-electron chi connectivity index (χ4n) is 1.65. The molecule has 114 valence electrons. The van der Waals surface area contributed by atoms with E-state index in [9.17, 15) is 9.46 Å². The van der Waals surface area contributed by atoms with Crippen LogP contribution in [0.1, 0.15) is 25.0 Å². The summed E-state index contributed by atoms with van der Waals surface area (Å²) in [6, 6.07) is 9.29. The summed E-state index contributed by atoms with van der Waals surface area (Å²) in [4.78, 5) is 11.8. The summed E-state index contributed by atoms with van der Waals surface area (Å²) < 4.78 is 22.6. The summed E-state index contributed by atoms with van der Waals surface area (Å²) in [7, 11) is 1.64. The number of likely N-dealkylation sites (N-methyl/N-ethyl adjacent to an activating group) is 1. The van der Waals surface area contributed by atoms with Crippen molar-refractivity contribution in [3.8, 4) is 0 Å². The van der Waals surface area contributed by atoms with Gasteiger partial charge in [0.15, 0.2) is 0 Å². The first kappa shape index (κ1) is 17.3. The maximum Gasteiger partial charge on any atom is 0.268 e. The zero-order valence-corrected chi connectivity index (χ0v) is 13.5. The Balaban J connectivity index is 2.57. The molecule has 1 aromatic carbocycles. The van der Waals surface area contributed by atoms with Crippen molar-refractivity contribution in [3.63, 3.8) is 0 Å². The van der Waals surface area contributed by atoms with E-state index in [4.69, 9.17) is 9.05 Å². The first-order chi connectivity index (χ1) is 9.23. The molecule has 0 spiro atoms. The van der Waals surface area contributed by atoms with E-state index in [0.29, 0.717) is 17.4 Å². The number of phosphoric acid groups is 1. The maximum absolute atomic E-state index is 11.8. The van der Waals surface area contributed by atoms with Crippen molar-refractivity contribution in [2.24, 2.45) is 0 Å². The molecule has 0 aliphatic rings. The van der Waals surface area contributed by atoms with Crippen molar-refractivity contribution in [3.05, 3.63) is 35.9 Å². The van der Waals surface area contributed by atoms with E-state index in [0.717, 1.165) is 5.56 Å². The van der Waals surface area contributed by atoms with Crippen molar-refractivity contribution in [1.82, 2.24) is 0 Å². The van der Waals surface area contributed by atoms with E-state index in [1.54, 1.807) is 0 Å². The highest BCUT2D eigenvalue weighted by Crippen LogP contribution is 2.44. The van der Waals surface area contributed by atoms with Gasteiger partial charge in [-0.3, -0.25) is 4.57 Å². The lowest BCUT2D eigenvalue weighted by atomic mass is 10.1. The van der Waals surface area contributed by atoms with E-state index in [-0.39, 0.29) is 6.61 Å². The fraction of sp³-hybridized carbons (Fsp3) is 0.571. The quantitative estimate of drug-likeness (QED) is 0.546. The number of nitrogens with zero attached hydrogens (tertiary/aromatic N) is 1. The van der Waals surface area contributed by atoms with Gasteiger partial charge < -0.3 is 18.4 Å². The van der Waals surface area contributed by atoms with Crippen LogP contribution >= 0.6 is 7.82 Å². The van der Waals surface area contributed by atoms with Gasteiger partial charge in [-0.1, -0.05) is 37.3 Å². The Bertz CT molecular complexity index is 444. The second-order valence-electron chi connectivity index (χ2n) is 5.71. The lowest BCUT2D eigenvalue weighted by Crippen LogP contribution is -2.37. The molecular formula is C14H24NO4P. The van der Waals surface area contributed by atoms with Crippen LogP contribution in [-0.4, -0.2) is 38.8 Å². The molecule has 0 bridgehead atoms. The Kier molecular flexibility index (Phi) is 6.37. The van der Waals surface area contributed by atoms with Crippen molar-refractivity contribution in [2.45, 2.75) is 19.4 Å². The molecule has 6 heteroatoms. The van der Waals surface area contributed by atoms with E-state index in [1.165, 1.54) is 0 Å². The number of hydrogen-bond acceptors (Lipinski definition) is 4. The SMILES string of the molecule is CCC(OP(=O)([O-])OCC[N+](C)(C)C)c1ccccc1. The Morgan fingerprint density at radius 1 is 1.25 bits per heavy atom. The molecule has 0 aromatic heterocycles. The van der Waals surface area contributed by atoms with Crippen LogP contribution in [0, 0.1) is 0 Å². The Hall–Kier alpha value is -0.710. The minimum atomic E-state index is -4.28. The topological polar surface area (TPSA) is 58.6 Å². The summed E-state index contributed by atoms with van der Waals surface area (Å²) in [6.07, 6.45) is 0.0678. The predicted molar refractivity (Wildman–Crippen MR) is 77.0 cm³/mol. The predicted octanol–water partition coefficient (Wildman–Crippen LogP) is 2.35. The molecule has 0 fully saturated rings. The minimum Gasteiger partial charge on any atom is -0.756 e. The summed E-state index contributed by atoms with van der Waals surface area (Å²) in [5.74, 6) is 0. The molecule has 0 amide bonds. The highest BCUT2D eigenvalue weighted by Gasteiger charge is 2.19. The smallest absolute Gasteiger partial charge is 0.268 e. The summed E-state index contributed by atoms with van der Waals surface area (Å²) in [5, 5.41) is 0. The molecule has 0 saturated carbocycles. The first-order valence-corrected chi connectivity index (χ1v) is 8.19. The molecule has 1 rings (SSSR count). The normalized spacial score (nSPS) is 16.6. The van der Waals surface area contributed by atoms with Crippen LogP contribution in [0.4, 0.5) is 0 Å². The van der Waals surface area contributed by atoms with E-state index in [2.05, 4.69) is 0 Å². The van der Waals surface area contributed by atoms with E-state index in [1.807, 2.05) is 58.4 Å². The number of quaternary nitrogens is 1. The van der Waals surface area contributed by atoms with Crippen molar-refractivity contribution >= 4 is 7.82 Å². The van der Waals surface area contributed by atoms with Crippen molar-refractivity contribution < 1.29 is 23.0 Å². The summed E-state index contributed by atoms with van der Waals surface area (Å²) in [6.45, 7) is 2.59. The highest BCUT2D eigenvalue weighted by molar-refractivity contribution is 7.45. The molecule has 5 nitrogen and oxygen atoms in total. The van der Waals surface area contributed by atoms with Gasteiger partial charge in [0.1, 0.15) is 13.2 Å². The highest BCUT2D eigenvalue weighted by atomic mass is 31.2. The molecular weight excluding hydrogens is 277 g/mol. The van der Waals surface area contributed by atoms with Gasteiger partial charge in [-0.2, -0.15) is 0 Å². The average molecular weight is 301 g/mol. The molecule has 0 heterocycles. The first-order valence-electron chi connectivity index (χ1n) is 6.73. The largest absolute Gasteiger partial charge is 0.756 e. The van der Waals surface area contributed by atoms with Crippen LogP contribution in [0.15, 0.2) is 30.3 Å². The standard InChI is InChI=1S/C14H24NO4P/c1-5-14(13-9-7-6-8-10-13)19-20(16,17)18-12-11-15(2,3)4/h6-10,14H,5,11-12H2,1-4H3. The molecule has 0 N–H and O–H groups in total. The van der Waals surface area contributed by atoms with Gasteiger partial charge >= 0.3 is 0 Å². The van der Waals surface area contributed by atoms with E-state index < -0.39 is 13.9 Å². The number of phosphoric ester groups is 1. The van der Waals surface area contributed by atoms with Crippen LogP contribution in [0.2, 0.25) is 0 Å². The Morgan fingerprint density at radius 2 is 1.85 bits per heavy atom. The summed E-state index contributed by atoms with van der Waals surface area (Å²) in [5.41, 5.74) is 0.835. The molecule has 20 heavy (non-hydrogen) atoms. The Morgan fingerprint density at radius 3 is 2.35 bits per heavy atom. The van der Waals surface area contributed by atoms with Gasteiger partial charge in [0.25, 0.3) is 7.82 Å². The third-order valence-electron chi connectivity index (χ3n) is 2.81. The van der Waals surface area contributed by atoms with Crippen molar-refractivity contribution in [2.75, 3.05) is 34.3 Å². The van der Waals surface area contributed by atoms with Gasteiger partial charge in [0.05, 0.1) is 27.2 Å². The molecule has 0 aliphatic heterocycles. The van der Waals surface area contributed by atoms with Crippen LogP contribution in [0.25, 0.3) is 0 Å². The molecule has 1 aromatic rings. The van der Waals surface area contributed by atoms with Crippen LogP contribution in [0.3, 0.4) is 0 Å². The molecule has 0 saturated heterocycles. The maximum atomic E-state index is 11.8. The molecule has 0 aliphatic carbocycles. The zero-order chi connectivity index (χ0) is 15.2. The second kappa shape index (κ2) is 7.34. The third-order valence-corrected chi connectivity index (χ3v) is 3.82. The summed E-state index contributed by atoms with van der Waals surface area (Å²) >= 11 is 0. The van der Waals surface area contributed by atoms with Gasteiger partial charge in [-0.25, -0.2) is 0 Å². The number of benzene rings is 1. The second-order valence-corrected chi connectivity index (χ2v) is 7.07. The molecule has 2 unspecified atom stereocenters. The fourth-order valence-corrected chi connectivity index (χ4v) is 2.60. The van der Waals surface area contributed by atoms with Gasteiger partial charge in [0, 0.05) is 0 Å². The average Bonchev–Trinajstić information content (AvgIpc) is 2.35. The van der Waals surface area contributed by atoms with Crippen LogP contribution < -0.4 is 4.89 Å². The molecule has 2 atom stereocenters. The van der Waals surface area contributed by atoms with Crippen LogP contribution in [-0.2, 0) is 13.6 Å². The lowest BCUT2D eigenvalue weighted by molar-refractivity contribution is -0.870. The zero-order valence-electron chi connectivity index (χ0n) is 12.6. The number of hydrogen-bond donors (Lipinski definition) is 0.